The van der Waals surface area contributed by atoms with Crippen LogP contribution in [0.1, 0.15) is 193 Å². The molecule has 1 aromatic rings. The molecule has 0 atom stereocenters. The summed E-state index contributed by atoms with van der Waals surface area (Å²) in [5.74, 6) is 1.99. The largest absolute Gasteiger partial charge is 0.396 e. The number of nitrogens with one attached hydrogen (secondary N) is 3. The van der Waals surface area contributed by atoms with Crippen LogP contribution in [0.2, 0.25) is 0 Å². The number of aliphatic hydroxyl groups is 3. The van der Waals surface area contributed by atoms with Crippen molar-refractivity contribution in [2.45, 2.75) is 193 Å². The van der Waals surface area contributed by atoms with Gasteiger partial charge >= 0.3 is 0 Å². The van der Waals surface area contributed by atoms with E-state index in [1.165, 1.54) is 135 Å². The molecule has 0 aromatic carbocycles. The molecule has 0 fully saturated rings. The molecule has 1 aromatic heterocycles. The van der Waals surface area contributed by atoms with E-state index < -0.39 is 0 Å². The lowest BCUT2D eigenvalue weighted by atomic mass is 10.1. The summed E-state index contributed by atoms with van der Waals surface area (Å²) in [5.41, 5.74) is 0. The van der Waals surface area contributed by atoms with Crippen molar-refractivity contribution in [3.05, 3.63) is 0 Å². The number of rotatable bonds is 39. The van der Waals surface area contributed by atoms with Crippen LogP contribution in [0.3, 0.4) is 0 Å². The Labute approximate surface area is 295 Å². The Morgan fingerprint density at radius 2 is 0.417 bits per heavy atom. The Kier molecular flexibility index (Phi) is 33.8. The summed E-state index contributed by atoms with van der Waals surface area (Å²) < 4.78 is 0. The van der Waals surface area contributed by atoms with Gasteiger partial charge in [-0.3, -0.25) is 0 Å². The van der Waals surface area contributed by atoms with Crippen LogP contribution in [0.5, 0.6) is 0 Å². The van der Waals surface area contributed by atoms with E-state index in [9.17, 15) is 0 Å². The number of anilines is 3. The first kappa shape index (κ1) is 44.3. The zero-order chi connectivity index (χ0) is 34.4. The second-order valence-electron chi connectivity index (χ2n) is 13.9. The maximum atomic E-state index is 8.88. The van der Waals surface area contributed by atoms with E-state index in [1.54, 1.807) is 0 Å². The lowest BCUT2D eigenvalue weighted by Gasteiger charge is -2.11. The maximum Gasteiger partial charge on any atom is 0.229 e. The van der Waals surface area contributed by atoms with Gasteiger partial charge in [0.05, 0.1) is 0 Å². The van der Waals surface area contributed by atoms with Crippen molar-refractivity contribution < 1.29 is 15.3 Å². The molecule has 6 N–H and O–H groups in total. The highest BCUT2D eigenvalue weighted by Gasteiger charge is 2.07. The molecular formula is C39H78N6O3. The summed E-state index contributed by atoms with van der Waals surface area (Å²) in [6.45, 7) is 3.64. The fourth-order valence-electron chi connectivity index (χ4n) is 6.17. The van der Waals surface area contributed by atoms with Crippen LogP contribution >= 0.6 is 0 Å². The lowest BCUT2D eigenvalue weighted by molar-refractivity contribution is 0.282. The van der Waals surface area contributed by atoms with Gasteiger partial charge in [-0.15, -0.1) is 0 Å². The summed E-state index contributed by atoms with van der Waals surface area (Å²) in [6.07, 6.45) is 36.8. The molecule has 0 saturated carbocycles. The standard InChI is InChI=1S/C39H78N6O3/c46-34-28-22-16-10-4-1-7-13-19-25-31-40-37-43-38(41-32-26-20-14-8-2-5-11-17-23-29-35-47)45-39(44-37)42-33-27-21-15-9-3-6-12-18-24-30-36-48/h46-48H,1-36H2,(H3,40,41,42,43,44,45). The van der Waals surface area contributed by atoms with E-state index in [2.05, 4.69) is 16.0 Å². The summed E-state index contributed by atoms with van der Waals surface area (Å²) in [7, 11) is 0. The zero-order valence-electron chi connectivity index (χ0n) is 31.1. The van der Waals surface area contributed by atoms with Crippen molar-refractivity contribution in [3.63, 3.8) is 0 Å². The molecule has 0 aliphatic heterocycles. The van der Waals surface area contributed by atoms with E-state index in [1.807, 2.05) is 0 Å². The number of hydrogen-bond donors (Lipinski definition) is 6. The fourth-order valence-corrected chi connectivity index (χ4v) is 6.17. The van der Waals surface area contributed by atoms with Gasteiger partial charge in [-0.2, -0.15) is 15.0 Å². The number of hydrogen-bond acceptors (Lipinski definition) is 9. The molecule has 282 valence electrons. The molecule has 0 saturated heterocycles. The molecule has 0 radical (unpaired) electrons. The van der Waals surface area contributed by atoms with Crippen LogP contribution < -0.4 is 16.0 Å². The van der Waals surface area contributed by atoms with Crippen molar-refractivity contribution in [3.8, 4) is 0 Å². The topological polar surface area (TPSA) is 135 Å². The van der Waals surface area contributed by atoms with Gasteiger partial charge in [0.15, 0.2) is 0 Å². The number of nitrogens with zero attached hydrogens (tertiary/aromatic N) is 3. The molecule has 1 heterocycles. The molecule has 9 nitrogen and oxygen atoms in total. The lowest BCUT2D eigenvalue weighted by Crippen LogP contribution is -2.14. The molecule has 0 spiro atoms. The normalized spacial score (nSPS) is 11.3. The van der Waals surface area contributed by atoms with Gasteiger partial charge in [0.1, 0.15) is 0 Å². The smallest absolute Gasteiger partial charge is 0.229 e. The van der Waals surface area contributed by atoms with Crippen LogP contribution in [0.25, 0.3) is 0 Å². The van der Waals surface area contributed by atoms with E-state index >= 15 is 0 Å². The van der Waals surface area contributed by atoms with Crippen molar-refractivity contribution >= 4 is 17.8 Å². The van der Waals surface area contributed by atoms with Crippen molar-refractivity contribution in [2.75, 3.05) is 55.4 Å². The van der Waals surface area contributed by atoms with Crippen LogP contribution in [0, 0.1) is 0 Å². The summed E-state index contributed by atoms with van der Waals surface area (Å²) >= 11 is 0. The van der Waals surface area contributed by atoms with Crippen LogP contribution in [0.4, 0.5) is 17.8 Å². The summed E-state index contributed by atoms with van der Waals surface area (Å²) in [5, 5.41) is 37.0. The number of aliphatic hydroxyl groups excluding tert-OH is 3. The second kappa shape index (κ2) is 36.6. The number of unbranched alkanes of at least 4 members (excludes halogenated alkanes) is 27. The van der Waals surface area contributed by atoms with Crippen LogP contribution in [-0.2, 0) is 0 Å². The number of aromatic nitrogens is 3. The van der Waals surface area contributed by atoms with Gasteiger partial charge in [-0.05, 0) is 38.5 Å². The molecule has 0 unspecified atom stereocenters. The predicted octanol–water partition coefficient (Wildman–Crippen LogP) is 9.79. The first-order chi connectivity index (χ1) is 23.8. The van der Waals surface area contributed by atoms with Gasteiger partial charge in [-0.1, -0.05) is 154 Å². The second-order valence-corrected chi connectivity index (χ2v) is 13.9. The van der Waals surface area contributed by atoms with E-state index in [4.69, 9.17) is 30.3 Å². The van der Waals surface area contributed by atoms with Crippen molar-refractivity contribution in [2.24, 2.45) is 0 Å². The third kappa shape index (κ3) is 30.4. The highest BCUT2D eigenvalue weighted by atomic mass is 16.3. The van der Waals surface area contributed by atoms with Gasteiger partial charge in [0, 0.05) is 39.5 Å². The third-order valence-electron chi connectivity index (χ3n) is 9.24. The third-order valence-corrected chi connectivity index (χ3v) is 9.24. The van der Waals surface area contributed by atoms with Crippen LogP contribution in [0.15, 0.2) is 0 Å². The molecule has 48 heavy (non-hydrogen) atoms. The van der Waals surface area contributed by atoms with Crippen molar-refractivity contribution in [1.29, 1.82) is 0 Å². The molecule has 0 aliphatic carbocycles. The maximum absolute atomic E-state index is 8.88. The van der Waals surface area contributed by atoms with E-state index in [-0.39, 0.29) is 0 Å². The van der Waals surface area contributed by atoms with E-state index in [0.717, 1.165) is 77.4 Å². The Morgan fingerprint density at radius 1 is 0.250 bits per heavy atom. The average Bonchev–Trinajstić information content (AvgIpc) is 3.09. The fraction of sp³-hybridized carbons (Fsp3) is 0.923. The molecule has 9 heteroatoms. The quantitative estimate of drug-likeness (QED) is 0.0376. The summed E-state index contributed by atoms with van der Waals surface area (Å²) in [4.78, 5) is 14.1. The first-order valence-electron chi connectivity index (χ1n) is 20.6. The highest BCUT2D eigenvalue weighted by Crippen LogP contribution is 2.15. The Balaban J connectivity index is 2.32. The Hall–Kier alpha value is -1.71. The van der Waals surface area contributed by atoms with Gasteiger partial charge in [0.25, 0.3) is 0 Å². The van der Waals surface area contributed by atoms with Crippen LogP contribution in [-0.4, -0.2) is 69.7 Å². The summed E-state index contributed by atoms with van der Waals surface area (Å²) in [6, 6.07) is 0. The molecule has 0 aliphatic rings. The average molecular weight is 679 g/mol. The Bertz CT molecular complexity index is 676. The minimum absolute atomic E-state index is 0.331. The minimum Gasteiger partial charge on any atom is -0.396 e. The zero-order valence-corrected chi connectivity index (χ0v) is 31.1. The minimum atomic E-state index is 0.331. The highest BCUT2D eigenvalue weighted by molar-refractivity contribution is 5.42. The van der Waals surface area contributed by atoms with E-state index in [0.29, 0.717) is 37.7 Å². The molecule has 1 rings (SSSR count). The SMILES string of the molecule is OCCCCCCCCCCCCNc1nc(NCCCCCCCCCCCCO)nc(NCCCCCCCCCCCCO)n1. The Morgan fingerprint density at radius 3 is 0.604 bits per heavy atom. The first-order valence-corrected chi connectivity index (χ1v) is 20.6. The predicted molar refractivity (Wildman–Crippen MR) is 205 cm³/mol. The monoisotopic (exact) mass is 679 g/mol. The van der Waals surface area contributed by atoms with Gasteiger partial charge in [0.2, 0.25) is 17.8 Å². The molecule has 0 amide bonds. The molecular weight excluding hydrogens is 600 g/mol. The van der Waals surface area contributed by atoms with Gasteiger partial charge in [-0.25, -0.2) is 0 Å². The van der Waals surface area contributed by atoms with Crippen molar-refractivity contribution in [1.82, 2.24) is 15.0 Å². The molecule has 0 bridgehead atoms. The van der Waals surface area contributed by atoms with Gasteiger partial charge < -0.3 is 31.3 Å².